The third kappa shape index (κ3) is 5.34. The van der Waals surface area contributed by atoms with Gasteiger partial charge in [0.15, 0.2) is 5.75 Å². The highest BCUT2D eigenvalue weighted by Gasteiger charge is 2.30. The van der Waals surface area contributed by atoms with Gasteiger partial charge < -0.3 is 20.4 Å². The maximum atomic E-state index is 12.3. The minimum absolute atomic E-state index is 0.0377. The van der Waals surface area contributed by atoms with Gasteiger partial charge in [0.25, 0.3) is 0 Å². The number of benzene rings is 1. The molecule has 2 aromatic rings. The number of nitrogens with zero attached hydrogens (tertiary/aromatic N) is 2. The highest BCUT2D eigenvalue weighted by molar-refractivity contribution is 14.1. The fraction of sp³-hybridized carbons (Fsp3) is 0.412. The quantitative estimate of drug-likeness (QED) is 0.414. The minimum Gasteiger partial charge on any atom is -0.493 e. The van der Waals surface area contributed by atoms with E-state index in [1.165, 1.54) is 0 Å². The van der Waals surface area contributed by atoms with Crippen LogP contribution >= 0.6 is 22.6 Å². The average Bonchev–Trinajstić information content (AvgIpc) is 3.37. The number of nitrogen functional groups attached to an aromatic ring is 2. The summed E-state index contributed by atoms with van der Waals surface area (Å²) in [5.74, 6) is 1.44. The monoisotopic (exact) mass is 504 g/mol. The Morgan fingerprint density at radius 1 is 1.26 bits per heavy atom. The molecule has 0 aliphatic heterocycles. The van der Waals surface area contributed by atoms with Crippen LogP contribution in [-0.2, 0) is 16.5 Å². The van der Waals surface area contributed by atoms with Crippen molar-refractivity contribution in [3.63, 3.8) is 0 Å². The topological polar surface area (TPSA) is 130 Å². The first kappa shape index (κ1) is 19.9. The molecule has 1 aromatic heterocycles. The van der Waals surface area contributed by atoms with Gasteiger partial charge in [0, 0.05) is 18.2 Å². The lowest BCUT2D eigenvalue weighted by Crippen LogP contribution is -2.16. The summed E-state index contributed by atoms with van der Waals surface area (Å²) >= 11 is 2.03. The number of anilines is 2. The number of nitrogens with two attached hydrogens (primary N) is 2. The average molecular weight is 504 g/mol. The van der Waals surface area contributed by atoms with Crippen LogP contribution in [0.2, 0.25) is 0 Å². The van der Waals surface area contributed by atoms with E-state index in [4.69, 9.17) is 20.4 Å². The van der Waals surface area contributed by atoms with Crippen molar-refractivity contribution in [2.45, 2.75) is 26.2 Å². The van der Waals surface area contributed by atoms with Gasteiger partial charge in [0.2, 0.25) is 5.95 Å². The summed E-state index contributed by atoms with van der Waals surface area (Å²) < 4.78 is 36.3. The van der Waals surface area contributed by atoms with Crippen molar-refractivity contribution < 1.29 is 17.3 Å². The predicted octanol–water partition coefficient (Wildman–Crippen LogP) is 2.35. The molecule has 1 aromatic carbocycles. The molecule has 0 radical (unpaired) electrons. The van der Waals surface area contributed by atoms with E-state index in [1.54, 1.807) is 12.3 Å². The standard InChI is InChI=1S/C17H21IN4O4S/c1-2-25-13-6-11(5-12-8-21-17(20)22-16(12)19)7-14(15(13)18)26-27(23,24)9-10-3-4-10/h6-8,10H,2-5,9H2,1H3,(H4,19,20,21,22). The number of ether oxygens (including phenoxy) is 1. The molecular formula is C17H21IN4O4S. The van der Waals surface area contributed by atoms with Gasteiger partial charge >= 0.3 is 10.1 Å². The highest BCUT2D eigenvalue weighted by atomic mass is 127. The summed E-state index contributed by atoms with van der Waals surface area (Å²) in [4.78, 5) is 7.91. The Morgan fingerprint density at radius 3 is 2.59 bits per heavy atom. The van der Waals surface area contributed by atoms with Gasteiger partial charge in [-0.25, -0.2) is 4.98 Å². The smallest absolute Gasteiger partial charge is 0.309 e. The van der Waals surface area contributed by atoms with E-state index < -0.39 is 10.1 Å². The number of aromatic nitrogens is 2. The van der Waals surface area contributed by atoms with Crippen molar-refractivity contribution in [3.05, 3.63) is 33.0 Å². The zero-order valence-corrected chi connectivity index (χ0v) is 17.8. The van der Waals surface area contributed by atoms with Gasteiger partial charge in [-0.3, -0.25) is 0 Å². The molecule has 27 heavy (non-hydrogen) atoms. The van der Waals surface area contributed by atoms with E-state index in [0.717, 1.165) is 18.4 Å². The van der Waals surface area contributed by atoms with E-state index in [2.05, 4.69) is 9.97 Å². The zero-order chi connectivity index (χ0) is 19.6. The predicted molar refractivity (Wildman–Crippen MR) is 111 cm³/mol. The van der Waals surface area contributed by atoms with Crippen LogP contribution < -0.4 is 20.4 Å². The Balaban J connectivity index is 1.92. The van der Waals surface area contributed by atoms with Gasteiger partial charge in [-0.1, -0.05) is 0 Å². The molecule has 0 amide bonds. The Labute approximate surface area is 171 Å². The summed E-state index contributed by atoms with van der Waals surface area (Å²) in [5.41, 5.74) is 12.9. The molecule has 4 N–H and O–H groups in total. The van der Waals surface area contributed by atoms with Crippen molar-refractivity contribution in [2.24, 2.45) is 5.92 Å². The third-order valence-electron chi connectivity index (χ3n) is 4.03. The molecule has 0 unspecified atom stereocenters. The van der Waals surface area contributed by atoms with E-state index in [0.29, 0.717) is 27.9 Å². The van der Waals surface area contributed by atoms with Crippen LogP contribution in [0.15, 0.2) is 18.3 Å². The molecule has 1 heterocycles. The largest absolute Gasteiger partial charge is 0.493 e. The maximum Gasteiger partial charge on any atom is 0.309 e. The van der Waals surface area contributed by atoms with Gasteiger partial charge in [-0.2, -0.15) is 13.4 Å². The molecule has 1 aliphatic rings. The van der Waals surface area contributed by atoms with E-state index in [9.17, 15) is 8.42 Å². The summed E-state index contributed by atoms with van der Waals surface area (Å²) in [7, 11) is -3.66. The second kappa shape index (κ2) is 8.05. The van der Waals surface area contributed by atoms with Crippen molar-refractivity contribution in [1.82, 2.24) is 9.97 Å². The molecule has 3 rings (SSSR count). The Bertz CT molecular complexity index is 948. The Morgan fingerprint density at radius 2 is 1.96 bits per heavy atom. The van der Waals surface area contributed by atoms with E-state index in [-0.39, 0.29) is 29.2 Å². The highest BCUT2D eigenvalue weighted by Crippen LogP contribution is 2.36. The van der Waals surface area contributed by atoms with E-state index in [1.807, 2.05) is 35.6 Å². The van der Waals surface area contributed by atoms with Gasteiger partial charge in [0.05, 0.1) is 15.9 Å². The fourth-order valence-electron chi connectivity index (χ4n) is 2.58. The van der Waals surface area contributed by atoms with Crippen LogP contribution in [0.25, 0.3) is 0 Å². The summed E-state index contributed by atoms with van der Waals surface area (Å²) in [6.45, 7) is 2.31. The SMILES string of the molecule is CCOc1cc(Cc2cnc(N)nc2N)cc(OS(=O)(=O)CC2CC2)c1I. The lowest BCUT2D eigenvalue weighted by atomic mass is 10.1. The molecule has 0 bridgehead atoms. The molecule has 0 spiro atoms. The first-order valence-electron chi connectivity index (χ1n) is 8.51. The lowest BCUT2D eigenvalue weighted by Gasteiger charge is -2.15. The van der Waals surface area contributed by atoms with Gasteiger partial charge in [-0.05, 0) is 66.0 Å². The molecule has 1 aliphatic carbocycles. The molecule has 10 heteroatoms. The Kier molecular flexibility index (Phi) is 5.94. The van der Waals surface area contributed by atoms with E-state index >= 15 is 0 Å². The number of rotatable bonds is 8. The van der Waals surface area contributed by atoms with Gasteiger partial charge in [0.1, 0.15) is 11.6 Å². The summed E-state index contributed by atoms with van der Waals surface area (Å²) in [6, 6.07) is 3.52. The normalized spacial score (nSPS) is 14.1. The molecule has 1 saturated carbocycles. The summed E-state index contributed by atoms with van der Waals surface area (Å²) in [5, 5.41) is 0. The third-order valence-corrected chi connectivity index (χ3v) is 6.41. The number of hydrogen-bond donors (Lipinski definition) is 2. The molecule has 8 nitrogen and oxygen atoms in total. The van der Waals surface area contributed by atoms with Crippen LogP contribution in [0.4, 0.5) is 11.8 Å². The van der Waals surface area contributed by atoms with Crippen molar-refractivity contribution in [3.8, 4) is 11.5 Å². The Hall–Kier alpha value is -1.82. The minimum atomic E-state index is -3.66. The van der Waals surface area contributed by atoms with Crippen LogP contribution in [0, 0.1) is 9.49 Å². The molecule has 0 atom stereocenters. The molecular weight excluding hydrogens is 483 g/mol. The lowest BCUT2D eigenvalue weighted by molar-refractivity contribution is 0.336. The summed E-state index contributed by atoms with van der Waals surface area (Å²) in [6.07, 6.45) is 3.81. The zero-order valence-electron chi connectivity index (χ0n) is 14.8. The second-order valence-corrected chi connectivity index (χ2v) is 9.10. The molecule has 146 valence electrons. The van der Waals surface area contributed by atoms with Crippen molar-refractivity contribution in [2.75, 3.05) is 23.8 Å². The van der Waals surface area contributed by atoms with Crippen LogP contribution in [0.1, 0.15) is 30.9 Å². The molecule has 0 saturated heterocycles. The van der Waals surface area contributed by atoms with Crippen LogP contribution in [-0.4, -0.2) is 30.7 Å². The number of halogens is 1. The van der Waals surface area contributed by atoms with Crippen LogP contribution in [0.5, 0.6) is 11.5 Å². The van der Waals surface area contributed by atoms with Crippen molar-refractivity contribution >= 4 is 44.5 Å². The maximum absolute atomic E-state index is 12.3. The molecule has 1 fully saturated rings. The van der Waals surface area contributed by atoms with Crippen LogP contribution in [0.3, 0.4) is 0 Å². The van der Waals surface area contributed by atoms with Crippen molar-refractivity contribution in [1.29, 1.82) is 0 Å². The fourth-order valence-corrected chi connectivity index (χ4v) is 4.69. The van der Waals surface area contributed by atoms with Gasteiger partial charge in [-0.15, -0.1) is 0 Å². The first-order chi connectivity index (χ1) is 12.8. The first-order valence-corrected chi connectivity index (χ1v) is 11.2. The second-order valence-electron chi connectivity index (χ2n) is 6.41. The number of hydrogen-bond acceptors (Lipinski definition) is 8.